The molecule has 0 atom stereocenters. The first-order valence-corrected chi connectivity index (χ1v) is 7.24. The van der Waals surface area contributed by atoms with Crippen molar-refractivity contribution < 1.29 is 13.6 Å². The molecule has 2 aromatic rings. The van der Waals surface area contributed by atoms with E-state index in [1.165, 1.54) is 12.1 Å². The molecule has 0 unspecified atom stereocenters. The Balaban J connectivity index is 1.95. The molecule has 110 valence electrons. The summed E-state index contributed by atoms with van der Waals surface area (Å²) < 4.78 is 26.9. The van der Waals surface area contributed by atoms with Gasteiger partial charge in [0.2, 0.25) is 0 Å². The summed E-state index contributed by atoms with van der Waals surface area (Å²) in [6.07, 6.45) is 0.368. The van der Waals surface area contributed by atoms with Gasteiger partial charge >= 0.3 is 0 Å². The maximum atomic E-state index is 13.0. The van der Waals surface area contributed by atoms with Crippen molar-refractivity contribution >= 4 is 21.8 Å². The van der Waals surface area contributed by atoms with E-state index in [1.54, 1.807) is 12.1 Å². The quantitative estimate of drug-likeness (QED) is 0.883. The molecule has 0 fully saturated rings. The predicted octanol–water partition coefficient (Wildman–Crippen LogP) is 4.01. The SMILES string of the molecule is Cc1cc(Br)cc(C(=O)NCCc2cc(F)cc(F)c2)c1. The van der Waals surface area contributed by atoms with E-state index in [2.05, 4.69) is 21.2 Å². The fraction of sp³-hybridized carbons (Fsp3) is 0.188. The molecule has 1 N–H and O–H groups in total. The van der Waals surface area contributed by atoms with Crippen LogP contribution in [0.2, 0.25) is 0 Å². The van der Waals surface area contributed by atoms with Crippen molar-refractivity contribution in [1.82, 2.24) is 5.32 Å². The molecular weight excluding hydrogens is 340 g/mol. The standard InChI is InChI=1S/C16H14BrF2NO/c1-10-4-12(8-13(17)5-10)16(21)20-3-2-11-6-14(18)9-15(19)7-11/h4-9H,2-3H2,1H3,(H,20,21). The first-order chi connectivity index (χ1) is 9.94. The highest BCUT2D eigenvalue weighted by Crippen LogP contribution is 2.15. The molecule has 0 heterocycles. The summed E-state index contributed by atoms with van der Waals surface area (Å²) in [7, 11) is 0. The van der Waals surface area contributed by atoms with Crippen LogP contribution in [0.15, 0.2) is 40.9 Å². The normalized spacial score (nSPS) is 10.5. The summed E-state index contributed by atoms with van der Waals surface area (Å²) in [5.74, 6) is -1.44. The van der Waals surface area contributed by atoms with Crippen molar-refractivity contribution in [2.24, 2.45) is 0 Å². The van der Waals surface area contributed by atoms with Crippen molar-refractivity contribution in [3.63, 3.8) is 0 Å². The van der Waals surface area contributed by atoms with E-state index in [0.717, 1.165) is 16.1 Å². The highest BCUT2D eigenvalue weighted by Gasteiger charge is 2.07. The number of hydrogen-bond acceptors (Lipinski definition) is 1. The third-order valence-electron chi connectivity index (χ3n) is 2.93. The van der Waals surface area contributed by atoms with E-state index in [1.807, 2.05) is 13.0 Å². The first-order valence-electron chi connectivity index (χ1n) is 6.44. The van der Waals surface area contributed by atoms with Gasteiger partial charge in [-0.3, -0.25) is 4.79 Å². The molecule has 0 spiro atoms. The molecule has 0 aromatic heterocycles. The number of halogens is 3. The fourth-order valence-electron chi connectivity index (χ4n) is 2.05. The van der Waals surface area contributed by atoms with Crippen LogP contribution in [0.3, 0.4) is 0 Å². The zero-order chi connectivity index (χ0) is 15.4. The van der Waals surface area contributed by atoms with Gasteiger partial charge in [-0.1, -0.05) is 15.9 Å². The van der Waals surface area contributed by atoms with Crippen LogP contribution >= 0.6 is 15.9 Å². The molecule has 5 heteroatoms. The Hall–Kier alpha value is -1.75. The van der Waals surface area contributed by atoms with Gasteiger partial charge in [0.15, 0.2) is 0 Å². The smallest absolute Gasteiger partial charge is 0.251 e. The topological polar surface area (TPSA) is 29.1 Å². The fourth-order valence-corrected chi connectivity index (χ4v) is 2.65. The average molecular weight is 354 g/mol. The van der Waals surface area contributed by atoms with E-state index >= 15 is 0 Å². The minimum absolute atomic E-state index is 0.212. The second kappa shape index (κ2) is 6.80. The van der Waals surface area contributed by atoms with Crippen LogP contribution in [-0.2, 0) is 6.42 Å². The minimum Gasteiger partial charge on any atom is -0.352 e. The second-order valence-corrected chi connectivity index (χ2v) is 5.72. The molecule has 0 saturated carbocycles. The highest BCUT2D eigenvalue weighted by molar-refractivity contribution is 9.10. The maximum Gasteiger partial charge on any atom is 0.251 e. The number of carbonyl (C=O) groups excluding carboxylic acids is 1. The summed E-state index contributed by atoms with van der Waals surface area (Å²) in [5, 5.41) is 2.74. The summed E-state index contributed by atoms with van der Waals surface area (Å²) >= 11 is 3.34. The number of benzene rings is 2. The van der Waals surface area contributed by atoms with Gasteiger partial charge in [-0.2, -0.15) is 0 Å². The number of hydrogen-bond donors (Lipinski definition) is 1. The molecule has 0 radical (unpaired) electrons. The molecule has 21 heavy (non-hydrogen) atoms. The molecule has 0 saturated heterocycles. The van der Waals surface area contributed by atoms with Crippen LogP contribution in [0, 0.1) is 18.6 Å². The zero-order valence-corrected chi connectivity index (χ0v) is 13.0. The third-order valence-corrected chi connectivity index (χ3v) is 3.38. The predicted molar refractivity (Wildman–Crippen MR) is 81.3 cm³/mol. The summed E-state index contributed by atoms with van der Waals surface area (Å²) in [4.78, 5) is 12.0. The van der Waals surface area contributed by atoms with Crippen LogP contribution in [-0.4, -0.2) is 12.5 Å². The Labute approximate surface area is 130 Å². The lowest BCUT2D eigenvalue weighted by Crippen LogP contribution is -2.25. The van der Waals surface area contributed by atoms with Crippen LogP contribution < -0.4 is 5.32 Å². The van der Waals surface area contributed by atoms with Gasteiger partial charge in [0.05, 0.1) is 0 Å². The van der Waals surface area contributed by atoms with E-state index in [0.29, 0.717) is 24.1 Å². The maximum absolute atomic E-state index is 13.0. The molecule has 0 aliphatic carbocycles. The second-order valence-electron chi connectivity index (χ2n) is 4.80. The first kappa shape index (κ1) is 15.6. The van der Waals surface area contributed by atoms with Gasteiger partial charge in [-0.25, -0.2) is 8.78 Å². The van der Waals surface area contributed by atoms with Gasteiger partial charge < -0.3 is 5.32 Å². The van der Waals surface area contributed by atoms with Crippen LogP contribution in [0.5, 0.6) is 0 Å². The number of amides is 1. The summed E-state index contributed by atoms with van der Waals surface area (Å²) in [5.41, 5.74) is 2.03. The molecule has 0 bridgehead atoms. The minimum atomic E-state index is -0.612. The van der Waals surface area contributed by atoms with E-state index in [-0.39, 0.29) is 5.91 Å². The largest absolute Gasteiger partial charge is 0.352 e. The molecular formula is C16H14BrF2NO. The highest BCUT2D eigenvalue weighted by atomic mass is 79.9. The lowest BCUT2D eigenvalue weighted by atomic mass is 10.1. The molecule has 1 amide bonds. The number of aryl methyl sites for hydroxylation is 1. The average Bonchev–Trinajstić information content (AvgIpc) is 2.36. The molecule has 0 aliphatic heterocycles. The third kappa shape index (κ3) is 4.63. The zero-order valence-electron chi connectivity index (χ0n) is 11.4. The van der Waals surface area contributed by atoms with Gasteiger partial charge in [0.1, 0.15) is 11.6 Å². The number of carbonyl (C=O) groups is 1. The van der Waals surface area contributed by atoms with Gasteiger partial charge in [-0.15, -0.1) is 0 Å². The Morgan fingerprint density at radius 2 is 1.76 bits per heavy atom. The lowest BCUT2D eigenvalue weighted by molar-refractivity contribution is 0.0954. The van der Waals surface area contributed by atoms with E-state index < -0.39 is 11.6 Å². The monoisotopic (exact) mass is 353 g/mol. The van der Waals surface area contributed by atoms with Crippen LogP contribution in [0.25, 0.3) is 0 Å². The van der Waals surface area contributed by atoms with Gasteiger partial charge in [-0.05, 0) is 54.8 Å². The van der Waals surface area contributed by atoms with Gasteiger partial charge in [0.25, 0.3) is 5.91 Å². The summed E-state index contributed by atoms with van der Waals surface area (Å²) in [6, 6.07) is 8.77. The van der Waals surface area contributed by atoms with Crippen molar-refractivity contribution in [3.8, 4) is 0 Å². The van der Waals surface area contributed by atoms with Crippen molar-refractivity contribution in [2.45, 2.75) is 13.3 Å². The van der Waals surface area contributed by atoms with E-state index in [9.17, 15) is 13.6 Å². The summed E-state index contributed by atoms with van der Waals surface area (Å²) in [6.45, 7) is 2.21. The Kier molecular flexibility index (Phi) is 5.07. The molecule has 2 aromatic carbocycles. The van der Waals surface area contributed by atoms with Crippen molar-refractivity contribution in [3.05, 3.63) is 69.2 Å². The van der Waals surface area contributed by atoms with Crippen LogP contribution in [0.4, 0.5) is 8.78 Å². The Morgan fingerprint density at radius 3 is 2.38 bits per heavy atom. The van der Waals surface area contributed by atoms with Gasteiger partial charge in [0, 0.05) is 22.6 Å². The van der Waals surface area contributed by atoms with Crippen molar-refractivity contribution in [2.75, 3.05) is 6.54 Å². The van der Waals surface area contributed by atoms with Crippen molar-refractivity contribution in [1.29, 1.82) is 0 Å². The Bertz CT molecular complexity index is 633. The molecule has 0 aliphatic rings. The van der Waals surface area contributed by atoms with E-state index in [4.69, 9.17) is 0 Å². The van der Waals surface area contributed by atoms with Crippen LogP contribution in [0.1, 0.15) is 21.5 Å². The molecule has 2 rings (SSSR count). The number of rotatable bonds is 4. The lowest BCUT2D eigenvalue weighted by Gasteiger charge is -2.07. The Morgan fingerprint density at radius 1 is 1.10 bits per heavy atom. The molecule has 2 nitrogen and oxygen atoms in total. The number of nitrogens with one attached hydrogen (secondary N) is 1.